The van der Waals surface area contributed by atoms with E-state index in [1.54, 1.807) is 7.11 Å². The first kappa shape index (κ1) is 16.4. The van der Waals surface area contributed by atoms with Crippen molar-refractivity contribution < 1.29 is 9.53 Å². The van der Waals surface area contributed by atoms with Crippen molar-refractivity contribution in [2.45, 2.75) is 32.7 Å². The SMILES string of the molecule is COCCNCCNC(=O)C1CCN(C(C)C)CC1. The summed E-state index contributed by atoms with van der Waals surface area (Å²) < 4.78 is 4.94. The molecule has 0 radical (unpaired) electrons. The molecule has 1 saturated heterocycles. The summed E-state index contributed by atoms with van der Waals surface area (Å²) in [5, 5.41) is 6.23. The van der Waals surface area contributed by atoms with Crippen LogP contribution < -0.4 is 10.6 Å². The van der Waals surface area contributed by atoms with Crippen molar-refractivity contribution >= 4 is 5.91 Å². The number of nitrogens with zero attached hydrogens (tertiary/aromatic N) is 1. The minimum atomic E-state index is 0.203. The lowest BCUT2D eigenvalue weighted by atomic mass is 9.95. The molecule has 1 amide bonds. The number of methoxy groups -OCH3 is 1. The molecule has 112 valence electrons. The lowest BCUT2D eigenvalue weighted by molar-refractivity contribution is -0.126. The van der Waals surface area contributed by atoms with Gasteiger partial charge in [0.2, 0.25) is 5.91 Å². The molecule has 5 heteroatoms. The summed E-state index contributed by atoms with van der Waals surface area (Å²) in [5.41, 5.74) is 0. The molecule has 0 aromatic rings. The highest BCUT2D eigenvalue weighted by Crippen LogP contribution is 2.18. The molecule has 1 heterocycles. The molecule has 0 aromatic carbocycles. The van der Waals surface area contributed by atoms with Gasteiger partial charge in [-0.2, -0.15) is 0 Å². The number of hydrogen-bond donors (Lipinski definition) is 2. The molecule has 0 saturated carbocycles. The number of likely N-dealkylation sites (tertiary alicyclic amines) is 1. The van der Waals surface area contributed by atoms with Gasteiger partial charge in [-0.25, -0.2) is 0 Å². The van der Waals surface area contributed by atoms with Crippen molar-refractivity contribution in [3.05, 3.63) is 0 Å². The number of amides is 1. The van der Waals surface area contributed by atoms with Crippen LogP contribution in [0.1, 0.15) is 26.7 Å². The lowest BCUT2D eigenvalue weighted by Gasteiger charge is -2.33. The third-order valence-electron chi connectivity index (χ3n) is 3.71. The van der Waals surface area contributed by atoms with Crippen molar-refractivity contribution in [3.8, 4) is 0 Å². The summed E-state index contributed by atoms with van der Waals surface area (Å²) in [6.07, 6.45) is 1.97. The Morgan fingerprint density at radius 1 is 1.26 bits per heavy atom. The highest BCUT2D eigenvalue weighted by molar-refractivity contribution is 5.78. The van der Waals surface area contributed by atoms with Gasteiger partial charge in [0.1, 0.15) is 0 Å². The first-order chi connectivity index (χ1) is 9.15. The Hall–Kier alpha value is -0.650. The first-order valence-corrected chi connectivity index (χ1v) is 7.36. The molecule has 0 spiro atoms. The van der Waals surface area contributed by atoms with Gasteiger partial charge in [0.05, 0.1) is 6.61 Å². The number of hydrogen-bond acceptors (Lipinski definition) is 4. The molecule has 1 rings (SSSR count). The number of piperidine rings is 1. The van der Waals surface area contributed by atoms with E-state index in [9.17, 15) is 4.79 Å². The van der Waals surface area contributed by atoms with Crippen LogP contribution in [0, 0.1) is 5.92 Å². The second-order valence-corrected chi connectivity index (χ2v) is 5.44. The number of ether oxygens (including phenoxy) is 1. The zero-order chi connectivity index (χ0) is 14.1. The largest absolute Gasteiger partial charge is 0.383 e. The Balaban J connectivity index is 2.07. The number of rotatable bonds is 8. The van der Waals surface area contributed by atoms with E-state index in [1.807, 2.05) is 0 Å². The van der Waals surface area contributed by atoms with E-state index < -0.39 is 0 Å². The zero-order valence-corrected chi connectivity index (χ0v) is 12.6. The molecule has 0 atom stereocenters. The molecule has 0 bridgehead atoms. The molecule has 0 aliphatic carbocycles. The lowest BCUT2D eigenvalue weighted by Crippen LogP contribution is -2.44. The van der Waals surface area contributed by atoms with Gasteiger partial charge < -0.3 is 20.3 Å². The normalized spacial score (nSPS) is 17.9. The predicted octanol–water partition coefficient (Wildman–Crippen LogP) is 0.459. The Morgan fingerprint density at radius 3 is 2.53 bits per heavy atom. The summed E-state index contributed by atoms with van der Waals surface area (Å²) in [7, 11) is 1.69. The fourth-order valence-corrected chi connectivity index (χ4v) is 2.40. The Morgan fingerprint density at radius 2 is 1.95 bits per heavy atom. The van der Waals surface area contributed by atoms with Crippen LogP contribution in [0.5, 0.6) is 0 Å². The molecular formula is C14H29N3O2. The third-order valence-corrected chi connectivity index (χ3v) is 3.71. The maximum Gasteiger partial charge on any atom is 0.223 e. The summed E-state index contributed by atoms with van der Waals surface area (Å²) in [6, 6.07) is 0.592. The summed E-state index contributed by atoms with van der Waals surface area (Å²) >= 11 is 0. The van der Waals surface area contributed by atoms with E-state index in [-0.39, 0.29) is 11.8 Å². The van der Waals surface area contributed by atoms with Gasteiger partial charge in [0, 0.05) is 38.7 Å². The van der Waals surface area contributed by atoms with E-state index in [0.29, 0.717) is 19.2 Å². The van der Waals surface area contributed by atoms with Gasteiger partial charge in [0.25, 0.3) is 0 Å². The van der Waals surface area contributed by atoms with Gasteiger partial charge in [-0.05, 0) is 39.8 Å². The summed E-state index contributed by atoms with van der Waals surface area (Å²) in [6.45, 7) is 9.56. The molecule has 0 aromatic heterocycles. The van der Waals surface area contributed by atoms with Gasteiger partial charge >= 0.3 is 0 Å². The number of carbonyl (C=O) groups is 1. The van der Waals surface area contributed by atoms with Crippen LogP contribution in [0.2, 0.25) is 0 Å². The van der Waals surface area contributed by atoms with Gasteiger partial charge in [0.15, 0.2) is 0 Å². The Labute approximate surface area is 117 Å². The second-order valence-electron chi connectivity index (χ2n) is 5.44. The van der Waals surface area contributed by atoms with Crippen LogP contribution in [0.3, 0.4) is 0 Å². The van der Waals surface area contributed by atoms with E-state index >= 15 is 0 Å². The monoisotopic (exact) mass is 271 g/mol. The first-order valence-electron chi connectivity index (χ1n) is 7.36. The van der Waals surface area contributed by atoms with Crippen LogP contribution in [0.25, 0.3) is 0 Å². The Kier molecular flexibility index (Phi) is 8.02. The van der Waals surface area contributed by atoms with E-state index in [4.69, 9.17) is 4.74 Å². The minimum Gasteiger partial charge on any atom is -0.383 e. The standard InChI is InChI=1S/C14H29N3O2/c1-12(2)17-9-4-13(5-10-17)14(18)16-7-6-15-8-11-19-3/h12-13,15H,4-11H2,1-3H3,(H,16,18). The van der Waals surface area contributed by atoms with Crippen molar-refractivity contribution in [2.24, 2.45) is 5.92 Å². The number of carbonyl (C=O) groups excluding carboxylic acids is 1. The molecule has 1 aliphatic rings. The molecule has 2 N–H and O–H groups in total. The summed E-state index contributed by atoms with van der Waals surface area (Å²) in [4.78, 5) is 14.4. The van der Waals surface area contributed by atoms with Crippen molar-refractivity contribution in [3.63, 3.8) is 0 Å². The van der Waals surface area contributed by atoms with Crippen molar-refractivity contribution in [2.75, 3.05) is 46.4 Å². The average molecular weight is 271 g/mol. The molecule has 19 heavy (non-hydrogen) atoms. The fraction of sp³-hybridized carbons (Fsp3) is 0.929. The second kappa shape index (κ2) is 9.28. The predicted molar refractivity (Wildman–Crippen MR) is 77.2 cm³/mol. The highest BCUT2D eigenvalue weighted by atomic mass is 16.5. The van der Waals surface area contributed by atoms with Crippen LogP contribution in [0.4, 0.5) is 0 Å². The van der Waals surface area contributed by atoms with E-state index in [2.05, 4.69) is 29.4 Å². The highest BCUT2D eigenvalue weighted by Gasteiger charge is 2.25. The third kappa shape index (κ3) is 6.36. The molecular weight excluding hydrogens is 242 g/mol. The molecule has 0 unspecified atom stereocenters. The van der Waals surface area contributed by atoms with Crippen molar-refractivity contribution in [1.29, 1.82) is 0 Å². The number of nitrogens with one attached hydrogen (secondary N) is 2. The van der Waals surface area contributed by atoms with E-state index in [0.717, 1.165) is 39.0 Å². The minimum absolute atomic E-state index is 0.203. The van der Waals surface area contributed by atoms with E-state index in [1.165, 1.54) is 0 Å². The zero-order valence-electron chi connectivity index (χ0n) is 12.6. The average Bonchev–Trinajstić information content (AvgIpc) is 2.42. The smallest absolute Gasteiger partial charge is 0.223 e. The quantitative estimate of drug-likeness (QED) is 0.630. The molecule has 1 fully saturated rings. The van der Waals surface area contributed by atoms with Crippen LogP contribution in [0.15, 0.2) is 0 Å². The van der Waals surface area contributed by atoms with Gasteiger partial charge in [-0.3, -0.25) is 4.79 Å². The van der Waals surface area contributed by atoms with Crippen LogP contribution >= 0.6 is 0 Å². The van der Waals surface area contributed by atoms with Gasteiger partial charge in [-0.1, -0.05) is 0 Å². The molecule has 1 aliphatic heterocycles. The van der Waals surface area contributed by atoms with Crippen LogP contribution in [-0.4, -0.2) is 63.3 Å². The topological polar surface area (TPSA) is 53.6 Å². The maximum absolute atomic E-state index is 12.0. The fourth-order valence-electron chi connectivity index (χ4n) is 2.40. The molecule has 5 nitrogen and oxygen atoms in total. The van der Waals surface area contributed by atoms with Crippen molar-refractivity contribution in [1.82, 2.24) is 15.5 Å². The summed E-state index contributed by atoms with van der Waals surface area (Å²) in [5.74, 6) is 0.422. The van der Waals surface area contributed by atoms with Crippen LogP contribution in [-0.2, 0) is 9.53 Å². The van der Waals surface area contributed by atoms with Gasteiger partial charge in [-0.15, -0.1) is 0 Å². The maximum atomic E-state index is 12.0. The Bertz CT molecular complexity index is 251.